The van der Waals surface area contributed by atoms with Gasteiger partial charge in [0.05, 0.1) is 32.0 Å². The van der Waals surface area contributed by atoms with Gasteiger partial charge in [0.15, 0.2) is 12.6 Å². The fourth-order valence-corrected chi connectivity index (χ4v) is 9.99. The maximum absolute atomic E-state index is 13.2. The van der Waals surface area contributed by atoms with Gasteiger partial charge in [0.1, 0.15) is 48.8 Å². The molecule has 2 saturated heterocycles. The van der Waals surface area contributed by atoms with Gasteiger partial charge < -0.3 is 65.1 Å². The van der Waals surface area contributed by atoms with E-state index in [4.69, 9.17) is 18.9 Å². The van der Waals surface area contributed by atoms with Crippen molar-refractivity contribution in [1.82, 2.24) is 5.32 Å². The van der Waals surface area contributed by atoms with Gasteiger partial charge in [-0.25, -0.2) is 0 Å². The summed E-state index contributed by atoms with van der Waals surface area (Å²) in [7, 11) is 0. The number of allylic oxidation sites excluding steroid dienone is 3. The number of hydrogen-bond acceptors (Lipinski definition) is 13. The molecule has 0 aromatic carbocycles. The third-order valence-corrected chi connectivity index (χ3v) is 14.9. The molecule has 0 aliphatic carbocycles. The van der Waals surface area contributed by atoms with Crippen molar-refractivity contribution >= 4 is 5.91 Å². The van der Waals surface area contributed by atoms with Gasteiger partial charge in [-0.15, -0.1) is 0 Å². The second kappa shape index (κ2) is 45.5. The number of carbonyl (C=O) groups is 1. The van der Waals surface area contributed by atoms with E-state index in [0.29, 0.717) is 6.42 Å². The Morgan fingerprint density at radius 2 is 0.863 bits per heavy atom. The average molecular weight is 1040 g/mol. The number of hydrogen-bond donors (Lipinski definition) is 9. The topological polar surface area (TPSA) is 228 Å². The van der Waals surface area contributed by atoms with E-state index in [1.165, 1.54) is 186 Å². The van der Waals surface area contributed by atoms with E-state index in [9.17, 15) is 45.6 Å². The fourth-order valence-electron chi connectivity index (χ4n) is 9.99. The van der Waals surface area contributed by atoms with Crippen LogP contribution in [0.15, 0.2) is 24.3 Å². The minimum atomic E-state index is -1.79. The number of ether oxygens (including phenoxy) is 4. The first-order valence-electron chi connectivity index (χ1n) is 30.1. The molecule has 0 radical (unpaired) electrons. The third kappa shape index (κ3) is 31.5. The first-order chi connectivity index (χ1) is 35.6. The highest BCUT2D eigenvalue weighted by molar-refractivity contribution is 5.76. The summed E-state index contributed by atoms with van der Waals surface area (Å²) in [5, 5.41) is 86.8. The number of rotatable bonds is 48. The summed E-state index contributed by atoms with van der Waals surface area (Å²) < 4.78 is 22.7. The fraction of sp³-hybridized carbons (Fsp3) is 0.915. The van der Waals surface area contributed by atoms with Crippen LogP contribution in [0.1, 0.15) is 251 Å². The van der Waals surface area contributed by atoms with Crippen LogP contribution in [0.3, 0.4) is 0 Å². The average Bonchev–Trinajstić information content (AvgIpc) is 3.39. The summed E-state index contributed by atoms with van der Waals surface area (Å²) >= 11 is 0. The Bertz CT molecular complexity index is 1320. The lowest BCUT2D eigenvalue weighted by atomic mass is 9.97. The zero-order chi connectivity index (χ0) is 53.2. The van der Waals surface area contributed by atoms with Gasteiger partial charge in [-0.05, 0) is 44.9 Å². The Morgan fingerprint density at radius 3 is 1.30 bits per heavy atom. The first-order valence-corrected chi connectivity index (χ1v) is 30.1. The Kier molecular flexibility index (Phi) is 42.1. The minimum absolute atomic E-state index is 0.238. The number of aliphatic hydroxyl groups is 8. The van der Waals surface area contributed by atoms with E-state index in [-0.39, 0.29) is 18.9 Å². The molecule has 0 saturated carbocycles. The molecule has 12 unspecified atom stereocenters. The molecule has 14 heteroatoms. The van der Waals surface area contributed by atoms with E-state index in [2.05, 4.69) is 31.3 Å². The summed E-state index contributed by atoms with van der Waals surface area (Å²) in [5.41, 5.74) is 0. The van der Waals surface area contributed by atoms with Crippen LogP contribution in [0.2, 0.25) is 0 Å². The van der Waals surface area contributed by atoms with Crippen molar-refractivity contribution in [1.29, 1.82) is 0 Å². The zero-order valence-electron chi connectivity index (χ0n) is 46.1. The van der Waals surface area contributed by atoms with Gasteiger partial charge >= 0.3 is 0 Å². The summed E-state index contributed by atoms with van der Waals surface area (Å²) in [6, 6.07) is -0.910. The summed E-state index contributed by atoms with van der Waals surface area (Å²) in [4.78, 5) is 13.2. The smallest absolute Gasteiger partial charge is 0.220 e. The van der Waals surface area contributed by atoms with Crippen molar-refractivity contribution in [3.05, 3.63) is 24.3 Å². The van der Waals surface area contributed by atoms with Crippen LogP contribution in [0.25, 0.3) is 0 Å². The molecule has 12 atom stereocenters. The van der Waals surface area contributed by atoms with Gasteiger partial charge in [0, 0.05) is 6.42 Å². The molecule has 2 aliphatic heterocycles. The molecule has 0 aromatic heterocycles. The molecular weight excluding hydrogens is 931 g/mol. The molecule has 2 fully saturated rings. The van der Waals surface area contributed by atoms with E-state index >= 15 is 0 Å². The summed E-state index contributed by atoms with van der Waals surface area (Å²) in [5.74, 6) is -0.238. The molecular formula is C59H111NO13. The Hall–Kier alpha value is -1.53. The maximum atomic E-state index is 13.2. The number of unbranched alkanes of at least 4 members (excludes halogenated alkanes) is 33. The number of carbonyl (C=O) groups excluding carboxylic acids is 1. The van der Waals surface area contributed by atoms with Gasteiger partial charge in [-0.2, -0.15) is 0 Å². The third-order valence-electron chi connectivity index (χ3n) is 14.9. The van der Waals surface area contributed by atoms with Gasteiger partial charge in [0.25, 0.3) is 0 Å². The van der Waals surface area contributed by atoms with Crippen molar-refractivity contribution < 1.29 is 64.6 Å². The maximum Gasteiger partial charge on any atom is 0.220 e. The molecule has 2 rings (SSSR count). The Balaban J connectivity index is 1.64. The monoisotopic (exact) mass is 1040 g/mol. The first kappa shape index (κ1) is 67.6. The highest BCUT2D eigenvalue weighted by atomic mass is 16.7. The highest BCUT2D eigenvalue weighted by Crippen LogP contribution is 2.30. The van der Waals surface area contributed by atoms with Crippen LogP contribution in [0.4, 0.5) is 0 Å². The van der Waals surface area contributed by atoms with Gasteiger partial charge in [-0.3, -0.25) is 4.79 Å². The molecule has 73 heavy (non-hydrogen) atoms. The SMILES string of the molecule is CCCCCCCCCC/C=C\CCCCCCCCCCCCCCCCCCCC(=O)NC(COC1OC(CO)C(OC2OC(CO)C(O)C(O)C2O)C(O)C1O)C(O)/C=C/CCCCCCCCCC. The van der Waals surface area contributed by atoms with E-state index < -0.39 is 86.8 Å². The lowest BCUT2D eigenvalue weighted by molar-refractivity contribution is -0.359. The normalized spacial score (nSPS) is 25.5. The van der Waals surface area contributed by atoms with E-state index in [0.717, 1.165) is 38.5 Å². The van der Waals surface area contributed by atoms with E-state index in [1.54, 1.807) is 6.08 Å². The van der Waals surface area contributed by atoms with Crippen molar-refractivity contribution in [2.75, 3.05) is 19.8 Å². The predicted molar refractivity (Wildman–Crippen MR) is 291 cm³/mol. The minimum Gasteiger partial charge on any atom is -0.394 e. The quantitative estimate of drug-likeness (QED) is 0.0204. The van der Waals surface area contributed by atoms with Gasteiger partial charge in [0.2, 0.25) is 5.91 Å². The van der Waals surface area contributed by atoms with Crippen molar-refractivity contribution in [3.8, 4) is 0 Å². The molecule has 2 aliphatic rings. The molecule has 0 spiro atoms. The van der Waals surface area contributed by atoms with Gasteiger partial charge in [-0.1, -0.05) is 224 Å². The highest BCUT2D eigenvalue weighted by Gasteiger charge is 2.51. The predicted octanol–water partition coefficient (Wildman–Crippen LogP) is 10.1. The molecule has 0 bridgehead atoms. The molecule has 2 heterocycles. The lowest BCUT2D eigenvalue weighted by Crippen LogP contribution is -2.65. The lowest BCUT2D eigenvalue weighted by Gasteiger charge is -2.46. The van der Waals surface area contributed by atoms with Crippen LogP contribution in [0.5, 0.6) is 0 Å². The standard InChI is InChI=1S/C59H111NO13/c1-3-5-7-9-11-13-15-16-17-18-19-20-21-22-23-24-25-26-27-28-29-30-31-32-33-35-37-39-41-43-51(64)60-47(48(63)42-40-38-36-34-14-12-10-8-6-4-2)46-70-58-56(69)54(67)57(50(45-62)72-58)73-59-55(68)53(66)52(65)49(44-61)71-59/h18-19,40,42,47-50,52-59,61-63,65-69H,3-17,20-39,41,43-46H2,1-2H3,(H,60,64)/b19-18-,42-40+. The molecule has 0 aromatic rings. The van der Waals surface area contributed by atoms with Crippen LogP contribution in [-0.4, -0.2) is 140 Å². The molecule has 14 nitrogen and oxygen atoms in total. The van der Waals surface area contributed by atoms with Crippen molar-refractivity contribution in [2.45, 2.75) is 325 Å². The molecule has 430 valence electrons. The molecule has 9 N–H and O–H groups in total. The van der Waals surface area contributed by atoms with Crippen LogP contribution in [0, 0.1) is 0 Å². The van der Waals surface area contributed by atoms with Crippen molar-refractivity contribution in [2.24, 2.45) is 0 Å². The summed E-state index contributed by atoms with van der Waals surface area (Å²) in [6.45, 7) is 2.78. The number of aliphatic hydroxyl groups excluding tert-OH is 8. The van der Waals surface area contributed by atoms with E-state index in [1.807, 2.05) is 6.08 Å². The Labute approximate surface area is 443 Å². The van der Waals surface area contributed by atoms with Crippen molar-refractivity contribution in [3.63, 3.8) is 0 Å². The number of amides is 1. The molecule has 1 amide bonds. The Morgan fingerprint density at radius 1 is 0.479 bits per heavy atom. The van der Waals surface area contributed by atoms with Crippen LogP contribution < -0.4 is 5.32 Å². The summed E-state index contributed by atoms with van der Waals surface area (Å²) in [6.07, 6.45) is 36.8. The second-order valence-electron chi connectivity index (χ2n) is 21.5. The zero-order valence-corrected chi connectivity index (χ0v) is 46.1. The second-order valence-corrected chi connectivity index (χ2v) is 21.5. The van der Waals surface area contributed by atoms with Crippen LogP contribution in [-0.2, 0) is 23.7 Å². The van der Waals surface area contributed by atoms with Crippen LogP contribution >= 0.6 is 0 Å². The largest absolute Gasteiger partial charge is 0.394 e. The number of nitrogens with one attached hydrogen (secondary N) is 1.